The van der Waals surface area contributed by atoms with E-state index in [2.05, 4.69) is 85.8 Å². The highest BCUT2D eigenvalue weighted by Crippen LogP contribution is 2.27. The van der Waals surface area contributed by atoms with Crippen LogP contribution < -0.4 is 10.2 Å². The molecule has 1 aliphatic heterocycles. The first-order chi connectivity index (χ1) is 15.8. The number of benzene rings is 2. The van der Waals surface area contributed by atoms with E-state index in [4.69, 9.17) is 5.11 Å². The number of nitrogens with one attached hydrogen (secondary N) is 2. The molecule has 4 aromatic rings. The van der Waals surface area contributed by atoms with Crippen molar-refractivity contribution in [2.75, 3.05) is 49.5 Å². The zero-order chi connectivity index (χ0) is 21.8. The van der Waals surface area contributed by atoms with Gasteiger partial charge in [-0.25, -0.2) is 4.98 Å². The highest BCUT2D eigenvalue weighted by Gasteiger charge is 2.16. The molecule has 0 bridgehead atoms. The maximum atomic E-state index is 9.13. The third-order valence-electron chi connectivity index (χ3n) is 5.79. The van der Waals surface area contributed by atoms with E-state index < -0.39 is 0 Å². The fourth-order valence-corrected chi connectivity index (χ4v) is 4.79. The molecule has 6 nitrogen and oxygen atoms in total. The summed E-state index contributed by atoms with van der Waals surface area (Å²) in [5.41, 5.74) is 4.59. The molecular formula is C25H28ClN5OS. The molecule has 5 rings (SSSR count). The van der Waals surface area contributed by atoms with Crippen LogP contribution in [0.25, 0.3) is 23.1 Å². The van der Waals surface area contributed by atoms with Crippen molar-refractivity contribution in [1.29, 1.82) is 0 Å². The van der Waals surface area contributed by atoms with E-state index in [0.29, 0.717) is 0 Å². The number of aliphatic hydroxyl groups is 1. The van der Waals surface area contributed by atoms with Crippen molar-refractivity contribution in [3.05, 3.63) is 71.4 Å². The van der Waals surface area contributed by atoms with E-state index >= 15 is 0 Å². The number of H-pyrrole nitrogens is 1. The standard InChI is InChI=1S/C25H27N5OS.ClH/c31-15-14-29-10-12-30(13-11-29)22-3-1-2-21(17-22)28-25-27-18-23(32-25)6-4-19-5-7-24-20(16-19)8-9-26-24;/h1-9,16-18,26,31H,10-15H2,(H,27,28);1H/b6-4+;. The van der Waals surface area contributed by atoms with Crippen molar-refractivity contribution in [3.63, 3.8) is 0 Å². The van der Waals surface area contributed by atoms with E-state index in [-0.39, 0.29) is 19.0 Å². The summed E-state index contributed by atoms with van der Waals surface area (Å²) in [6.07, 6.45) is 8.10. The minimum Gasteiger partial charge on any atom is -0.395 e. The van der Waals surface area contributed by atoms with E-state index in [1.165, 1.54) is 16.6 Å². The summed E-state index contributed by atoms with van der Waals surface area (Å²) in [7, 11) is 0. The highest BCUT2D eigenvalue weighted by atomic mass is 35.5. The van der Waals surface area contributed by atoms with E-state index in [9.17, 15) is 0 Å². The molecule has 0 radical (unpaired) electrons. The number of aliphatic hydroxyl groups excluding tert-OH is 1. The van der Waals surface area contributed by atoms with Gasteiger partial charge < -0.3 is 20.3 Å². The van der Waals surface area contributed by atoms with Crippen LogP contribution in [0.15, 0.2) is 60.9 Å². The van der Waals surface area contributed by atoms with E-state index in [1.807, 2.05) is 12.4 Å². The molecule has 0 aliphatic carbocycles. The van der Waals surface area contributed by atoms with Crippen molar-refractivity contribution >= 4 is 63.3 Å². The molecule has 172 valence electrons. The summed E-state index contributed by atoms with van der Waals surface area (Å²) in [6.45, 7) is 4.91. The number of hydrogen-bond acceptors (Lipinski definition) is 6. The Bertz CT molecular complexity index is 1210. The average molecular weight is 482 g/mol. The van der Waals surface area contributed by atoms with Gasteiger partial charge in [-0.3, -0.25) is 4.90 Å². The Morgan fingerprint density at radius 1 is 1.06 bits per heavy atom. The summed E-state index contributed by atoms with van der Waals surface area (Å²) >= 11 is 1.64. The number of fused-ring (bicyclic) bond motifs is 1. The van der Waals surface area contributed by atoms with Gasteiger partial charge in [0.25, 0.3) is 0 Å². The Hall–Kier alpha value is -2.84. The first-order valence-corrected chi connectivity index (χ1v) is 11.7. The molecule has 2 aromatic carbocycles. The van der Waals surface area contributed by atoms with Crippen molar-refractivity contribution in [2.45, 2.75) is 0 Å². The second-order valence-electron chi connectivity index (χ2n) is 7.95. The molecule has 0 unspecified atom stereocenters. The van der Waals surface area contributed by atoms with Gasteiger partial charge >= 0.3 is 0 Å². The van der Waals surface area contributed by atoms with Crippen LogP contribution in [0.1, 0.15) is 10.4 Å². The van der Waals surface area contributed by atoms with Crippen molar-refractivity contribution < 1.29 is 5.11 Å². The lowest BCUT2D eigenvalue weighted by Crippen LogP contribution is -2.47. The predicted octanol–water partition coefficient (Wildman–Crippen LogP) is 5.07. The van der Waals surface area contributed by atoms with Crippen molar-refractivity contribution in [2.24, 2.45) is 0 Å². The van der Waals surface area contributed by atoms with Crippen molar-refractivity contribution in [1.82, 2.24) is 14.9 Å². The van der Waals surface area contributed by atoms with Crippen LogP contribution in [0.4, 0.5) is 16.5 Å². The van der Waals surface area contributed by atoms with Crippen LogP contribution in [-0.2, 0) is 0 Å². The van der Waals surface area contributed by atoms with Gasteiger partial charge in [0, 0.05) is 66.9 Å². The molecule has 0 saturated carbocycles. The Balaban J connectivity index is 0.00000259. The normalized spacial score (nSPS) is 14.6. The van der Waals surface area contributed by atoms with Crippen LogP contribution in [-0.4, -0.2) is 59.3 Å². The molecule has 2 aromatic heterocycles. The number of halogens is 1. The Morgan fingerprint density at radius 3 is 2.79 bits per heavy atom. The number of piperazine rings is 1. The smallest absolute Gasteiger partial charge is 0.187 e. The summed E-state index contributed by atoms with van der Waals surface area (Å²) in [4.78, 5) is 13.6. The maximum Gasteiger partial charge on any atom is 0.187 e. The van der Waals surface area contributed by atoms with E-state index in [1.54, 1.807) is 11.3 Å². The largest absolute Gasteiger partial charge is 0.395 e. The summed E-state index contributed by atoms with van der Waals surface area (Å²) in [5.74, 6) is 0. The second kappa shape index (κ2) is 10.9. The first kappa shape index (κ1) is 23.3. The molecule has 0 spiro atoms. The second-order valence-corrected chi connectivity index (χ2v) is 9.02. The predicted molar refractivity (Wildman–Crippen MR) is 142 cm³/mol. The minimum atomic E-state index is 0. The SMILES string of the molecule is Cl.OCCN1CCN(c2cccc(Nc3ncc(/C=C/c4ccc5[nH]ccc5c4)s3)c2)CC1. The number of nitrogens with zero attached hydrogens (tertiary/aromatic N) is 3. The molecule has 0 atom stereocenters. The Labute approximate surface area is 204 Å². The molecule has 1 aliphatic rings. The number of anilines is 3. The zero-order valence-corrected chi connectivity index (χ0v) is 19.9. The number of aromatic nitrogens is 2. The van der Waals surface area contributed by atoms with Crippen LogP contribution in [0, 0.1) is 0 Å². The average Bonchev–Trinajstić information content (AvgIpc) is 3.47. The van der Waals surface area contributed by atoms with Crippen LogP contribution in [0.2, 0.25) is 0 Å². The van der Waals surface area contributed by atoms with Crippen molar-refractivity contribution in [3.8, 4) is 0 Å². The lowest BCUT2D eigenvalue weighted by molar-refractivity contribution is 0.189. The van der Waals surface area contributed by atoms with Gasteiger partial charge in [-0.2, -0.15) is 0 Å². The third kappa shape index (κ3) is 5.75. The van der Waals surface area contributed by atoms with Gasteiger partial charge in [0.05, 0.1) is 6.61 Å². The lowest BCUT2D eigenvalue weighted by Gasteiger charge is -2.35. The number of aromatic amines is 1. The van der Waals surface area contributed by atoms with Crippen LogP contribution in [0.5, 0.6) is 0 Å². The quantitative estimate of drug-likeness (QED) is 0.343. The summed E-state index contributed by atoms with van der Waals surface area (Å²) in [5, 5.41) is 14.7. The van der Waals surface area contributed by atoms with Gasteiger partial charge in [-0.1, -0.05) is 29.5 Å². The zero-order valence-electron chi connectivity index (χ0n) is 18.3. The van der Waals surface area contributed by atoms with Gasteiger partial charge in [0.15, 0.2) is 5.13 Å². The third-order valence-corrected chi connectivity index (χ3v) is 6.67. The molecule has 1 fully saturated rings. The molecule has 0 amide bonds. The number of hydrogen-bond donors (Lipinski definition) is 3. The number of rotatable bonds is 7. The summed E-state index contributed by atoms with van der Waals surface area (Å²) in [6, 6.07) is 17.0. The van der Waals surface area contributed by atoms with Gasteiger partial charge in [0.2, 0.25) is 0 Å². The Kier molecular flexibility index (Phi) is 7.67. The molecule has 33 heavy (non-hydrogen) atoms. The molecule has 1 saturated heterocycles. The minimum absolute atomic E-state index is 0. The molecule has 8 heteroatoms. The van der Waals surface area contributed by atoms with Gasteiger partial charge in [0.1, 0.15) is 0 Å². The maximum absolute atomic E-state index is 9.13. The highest BCUT2D eigenvalue weighted by molar-refractivity contribution is 7.16. The fourth-order valence-electron chi connectivity index (χ4n) is 4.05. The van der Waals surface area contributed by atoms with Crippen LogP contribution in [0.3, 0.4) is 0 Å². The number of thiazole rings is 1. The van der Waals surface area contributed by atoms with Crippen LogP contribution >= 0.6 is 23.7 Å². The molecular weight excluding hydrogens is 454 g/mol. The monoisotopic (exact) mass is 481 g/mol. The molecule has 3 N–H and O–H groups in total. The van der Waals surface area contributed by atoms with E-state index in [0.717, 1.165) is 53.9 Å². The lowest BCUT2D eigenvalue weighted by atomic mass is 10.1. The Morgan fingerprint density at radius 2 is 1.94 bits per heavy atom. The number of β-amino-alcohol motifs (C(OH)–C–C–N with tert-alkyl or cyclic N) is 1. The van der Waals surface area contributed by atoms with Gasteiger partial charge in [-0.05, 0) is 53.4 Å². The molecule has 3 heterocycles. The van der Waals surface area contributed by atoms with Gasteiger partial charge in [-0.15, -0.1) is 12.4 Å². The first-order valence-electron chi connectivity index (χ1n) is 10.9. The topological polar surface area (TPSA) is 67.4 Å². The summed E-state index contributed by atoms with van der Waals surface area (Å²) < 4.78 is 0. The fraction of sp³-hybridized carbons (Fsp3) is 0.240.